The molecule has 0 atom stereocenters. The second kappa shape index (κ2) is 4.35. The summed E-state index contributed by atoms with van der Waals surface area (Å²) in [4.78, 5) is 4.58. The zero-order valence-corrected chi connectivity index (χ0v) is 11.9. The van der Waals surface area contributed by atoms with Gasteiger partial charge in [-0.1, -0.05) is 26.8 Å². The summed E-state index contributed by atoms with van der Waals surface area (Å²) in [6.07, 6.45) is 0. The first kappa shape index (κ1) is 13.0. The van der Waals surface area contributed by atoms with Crippen LogP contribution in [0.25, 0.3) is 11.3 Å². The van der Waals surface area contributed by atoms with Crippen molar-refractivity contribution < 1.29 is 4.39 Å². The Hall–Kier alpha value is -1.42. The number of thiazole rings is 1. The van der Waals surface area contributed by atoms with Crippen LogP contribution >= 0.6 is 11.3 Å². The van der Waals surface area contributed by atoms with Crippen LogP contribution in [0.3, 0.4) is 0 Å². The van der Waals surface area contributed by atoms with Gasteiger partial charge in [0.05, 0.1) is 0 Å². The minimum absolute atomic E-state index is 0.0434. The van der Waals surface area contributed by atoms with Crippen LogP contribution in [0.2, 0.25) is 0 Å². The van der Waals surface area contributed by atoms with E-state index in [0.29, 0.717) is 10.7 Å². The van der Waals surface area contributed by atoms with Crippen LogP contribution in [0.1, 0.15) is 31.3 Å². The van der Waals surface area contributed by atoms with Gasteiger partial charge in [-0.05, 0) is 24.6 Å². The van der Waals surface area contributed by atoms with Crippen molar-refractivity contribution in [3.8, 4) is 11.3 Å². The molecule has 1 aromatic heterocycles. The van der Waals surface area contributed by atoms with Crippen molar-refractivity contribution >= 4 is 16.3 Å². The molecule has 1 aromatic carbocycles. The minimum Gasteiger partial charge on any atom is -0.389 e. The quantitative estimate of drug-likeness (QED) is 0.840. The second-order valence-electron chi connectivity index (χ2n) is 5.44. The summed E-state index contributed by atoms with van der Waals surface area (Å²) in [5.74, 6) is -0.264. The van der Waals surface area contributed by atoms with E-state index in [1.807, 2.05) is 6.92 Å². The highest BCUT2D eigenvalue weighted by Crippen LogP contribution is 2.37. The maximum Gasteiger partial charge on any atom is 0.123 e. The van der Waals surface area contributed by atoms with Crippen molar-refractivity contribution in [1.29, 1.82) is 0 Å². The van der Waals surface area contributed by atoms with E-state index in [1.165, 1.54) is 23.5 Å². The molecule has 0 aliphatic carbocycles. The molecule has 0 saturated heterocycles. The number of aromatic nitrogens is 1. The fourth-order valence-electron chi connectivity index (χ4n) is 1.70. The number of nitrogens with two attached hydrogens (primary N) is 1. The Morgan fingerprint density at radius 1 is 1.28 bits per heavy atom. The number of halogens is 1. The standard InChI is InChI=1S/C14H17FN2S/c1-8-5-6-9(15)7-10(8)11-12(16)18-13(17-11)14(2,3)4/h5-7H,16H2,1-4H3. The molecule has 0 fully saturated rings. The molecule has 0 unspecified atom stereocenters. The third-order valence-electron chi connectivity index (χ3n) is 2.75. The summed E-state index contributed by atoms with van der Waals surface area (Å²) in [5, 5.41) is 1.62. The Labute approximate surface area is 111 Å². The molecule has 2 rings (SSSR count). The third kappa shape index (κ3) is 2.38. The highest BCUT2D eigenvalue weighted by Gasteiger charge is 2.22. The topological polar surface area (TPSA) is 38.9 Å². The molecule has 0 aliphatic rings. The monoisotopic (exact) mass is 264 g/mol. The summed E-state index contributed by atoms with van der Waals surface area (Å²) in [6.45, 7) is 8.21. The average molecular weight is 264 g/mol. The normalized spacial score (nSPS) is 11.8. The van der Waals surface area contributed by atoms with Gasteiger partial charge in [0.1, 0.15) is 21.5 Å². The van der Waals surface area contributed by atoms with Crippen LogP contribution < -0.4 is 5.73 Å². The van der Waals surface area contributed by atoms with Crippen molar-refractivity contribution in [2.45, 2.75) is 33.1 Å². The average Bonchev–Trinajstić information content (AvgIpc) is 2.64. The van der Waals surface area contributed by atoms with Crippen molar-refractivity contribution in [1.82, 2.24) is 4.98 Å². The summed E-state index contributed by atoms with van der Waals surface area (Å²) < 4.78 is 13.3. The summed E-state index contributed by atoms with van der Waals surface area (Å²) >= 11 is 1.47. The molecule has 0 spiro atoms. The number of benzene rings is 1. The van der Waals surface area contributed by atoms with E-state index < -0.39 is 0 Å². The van der Waals surface area contributed by atoms with Crippen molar-refractivity contribution in [2.24, 2.45) is 0 Å². The van der Waals surface area contributed by atoms with Gasteiger partial charge in [-0.3, -0.25) is 0 Å². The van der Waals surface area contributed by atoms with Gasteiger partial charge in [0.2, 0.25) is 0 Å². The van der Waals surface area contributed by atoms with E-state index in [1.54, 1.807) is 6.07 Å². The molecule has 1 heterocycles. The summed E-state index contributed by atoms with van der Waals surface area (Å²) in [5.41, 5.74) is 8.43. The molecule has 2 N–H and O–H groups in total. The third-order valence-corrected chi connectivity index (χ3v) is 4.06. The zero-order valence-electron chi connectivity index (χ0n) is 11.0. The maximum absolute atomic E-state index is 13.3. The van der Waals surface area contributed by atoms with Crippen molar-refractivity contribution in [3.63, 3.8) is 0 Å². The lowest BCUT2D eigenvalue weighted by Crippen LogP contribution is -2.10. The summed E-state index contributed by atoms with van der Waals surface area (Å²) in [6, 6.07) is 4.69. The molecule has 0 radical (unpaired) electrons. The lowest BCUT2D eigenvalue weighted by Gasteiger charge is -2.13. The smallest absolute Gasteiger partial charge is 0.123 e. The predicted molar refractivity (Wildman–Crippen MR) is 75.4 cm³/mol. The first-order valence-electron chi connectivity index (χ1n) is 5.82. The van der Waals surface area contributed by atoms with Gasteiger partial charge < -0.3 is 5.73 Å². The van der Waals surface area contributed by atoms with Crippen molar-refractivity contribution in [3.05, 3.63) is 34.6 Å². The molecule has 4 heteroatoms. The molecule has 96 valence electrons. The molecule has 18 heavy (non-hydrogen) atoms. The Kier molecular flexibility index (Phi) is 3.15. The van der Waals surface area contributed by atoms with Gasteiger partial charge in [0.25, 0.3) is 0 Å². The molecular weight excluding hydrogens is 247 g/mol. The second-order valence-corrected chi connectivity index (χ2v) is 6.47. The molecule has 0 bridgehead atoms. The first-order valence-corrected chi connectivity index (χ1v) is 6.64. The fourth-order valence-corrected chi connectivity index (χ4v) is 2.60. The molecule has 2 aromatic rings. The number of anilines is 1. The largest absolute Gasteiger partial charge is 0.389 e. The molecule has 0 amide bonds. The van der Waals surface area contributed by atoms with Gasteiger partial charge in [-0.25, -0.2) is 9.37 Å². The van der Waals surface area contributed by atoms with Gasteiger partial charge >= 0.3 is 0 Å². The highest BCUT2D eigenvalue weighted by atomic mass is 32.1. The van der Waals surface area contributed by atoms with Gasteiger partial charge in [-0.15, -0.1) is 11.3 Å². The van der Waals surface area contributed by atoms with Crippen molar-refractivity contribution in [2.75, 3.05) is 5.73 Å². The summed E-state index contributed by atoms with van der Waals surface area (Å²) in [7, 11) is 0. The number of hydrogen-bond acceptors (Lipinski definition) is 3. The van der Waals surface area contributed by atoms with E-state index >= 15 is 0 Å². The number of aryl methyl sites for hydroxylation is 1. The number of hydrogen-bond donors (Lipinski definition) is 1. The Balaban J connectivity index is 2.58. The zero-order chi connectivity index (χ0) is 13.5. The predicted octanol–water partition coefficient (Wildman–Crippen LogP) is 4.14. The fraction of sp³-hybridized carbons (Fsp3) is 0.357. The Bertz CT molecular complexity index is 582. The van der Waals surface area contributed by atoms with E-state index in [4.69, 9.17) is 5.73 Å². The Morgan fingerprint density at radius 2 is 1.94 bits per heavy atom. The lowest BCUT2D eigenvalue weighted by atomic mass is 9.98. The molecule has 2 nitrogen and oxygen atoms in total. The van der Waals surface area contributed by atoms with Gasteiger partial charge in [0.15, 0.2) is 0 Å². The number of nitrogens with zero attached hydrogens (tertiary/aromatic N) is 1. The van der Waals surface area contributed by atoms with Crippen LogP contribution in [0, 0.1) is 12.7 Å². The van der Waals surface area contributed by atoms with Crippen LogP contribution in [0.5, 0.6) is 0 Å². The maximum atomic E-state index is 13.3. The first-order chi connectivity index (χ1) is 8.29. The SMILES string of the molecule is Cc1ccc(F)cc1-c1nc(C(C)(C)C)sc1N. The van der Waals surface area contributed by atoms with Crippen LogP contribution in [-0.4, -0.2) is 4.98 Å². The van der Waals surface area contributed by atoms with Crippen LogP contribution in [0.15, 0.2) is 18.2 Å². The number of rotatable bonds is 1. The molecule has 0 saturated carbocycles. The van der Waals surface area contributed by atoms with Gasteiger partial charge in [-0.2, -0.15) is 0 Å². The highest BCUT2D eigenvalue weighted by molar-refractivity contribution is 7.16. The van der Waals surface area contributed by atoms with E-state index in [-0.39, 0.29) is 11.2 Å². The molecular formula is C14H17FN2S. The van der Waals surface area contributed by atoms with E-state index in [2.05, 4.69) is 25.8 Å². The Morgan fingerprint density at radius 3 is 2.50 bits per heavy atom. The minimum atomic E-state index is -0.264. The van der Waals surface area contributed by atoms with Gasteiger partial charge in [0, 0.05) is 11.0 Å². The van der Waals surface area contributed by atoms with Crippen LogP contribution in [0.4, 0.5) is 9.39 Å². The van der Waals surface area contributed by atoms with E-state index in [0.717, 1.165) is 16.1 Å². The number of nitrogen functional groups attached to an aromatic ring is 1. The lowest BCUT2D eigenvalue weighted by molar-refractivity contribution is 0.586. The molecule has 0 aliphatic heterocycles. The van der Waals surface area contributed by atoms with Crippen LogP contribution in [-0.2, 0) is 5.41 Å². The van der Waals surface area contributed by atoms with E-state index in [9.17, 15) is 4.39 Å².